The van der Waals surface area contributed by atoms with Crippen LogP contribution < -0.4 is 20.1 Å². The molecule has 8 heteroatoms. The summed E-state index contributed by atoms with van der Waals surface area (Å²) in [6.45, 7) is 6.03. The molecular formula is C28H26ClN3O4. The van der Waals surface area contributed by atoms with Gasteiger partial charge < -0.3 is 20.1 Å². The van der Waals surface area contributed by atoms with Gasteiger partial charge in [-0.05, 0) is 80.9 Å². The number of hydrogen-bond donors (Lipinski definition) is 2. The Morgan fingerprint density at radius 3 is 2.42 bits per heavy atom. The molecule has 0 fully saturated rings. The first-order valence-corrected chi connectivity index (χ1v) is 11.6. The van der Waals surface area contributed by atoms with Crippen molar-refractivity contribution in [1.82, 2.24) is 0 Å². The fourth-order valence-electron chi connectivity index (χ4n) is 3.35. The Morgan fingerprint density at radius 2 is 1.75 bits per heavy atom. The van der Waals surface area contributed by atoms with Crippen molar-refractivity contribution in [3.63, 3.8) is 0 Å². The summed E-state index contributed by atoms with van der Waals surface area (Å²) >= 11 is 6.13. The van der Waals surface area contributed by atoms with Crippen LogP contribution in [0.4, 0.5) is 11.4 Å². The predicted molar refractivity (Wildman–Crippen MR) is 141 cm³/mol. The van der Waals surface area contributed by atoms with Gasteiger partial charge >= 0.3 is 0 Å². The lowest BCUT2D eigenvalue weighted by Crippen LogP contribution is -2.21. The Balaban J connectivity index is 1.72. The average Bonchev–Trinajstić information content (AvgIpc) is 2.85. The number of aryl methyl sites for hydroxylation is 2. The molecule has 0 aliphatic carbocycles. The molecule has 2 amide bonds. The first-order chi connectivity index (χ1) is 17.3. The van der Waals surface area contributed by atoms with Crippen molar-refractivity contribution in [3.05, 3.63) is 87.9 Å². The van der Waals surface area contributed by atoms with Crippen LogP contribution in [0, 0.1) is 25.2 Å². The minimum absolute atomic E-state index is 0.157. The zero-order valence-electron chi connectivity index (χ0n) is 20.2. The second-order valence-electron chi connectivity index (χ2n) is 7.92. The summed E-state index contributed by atoms with van der Waals surface area (Å²) in [6, 6.07) is 19.2. The number of nitriles is 1. The summed E-state index contributed by atoms with van der Waals surface area (Å²) in [7, 11) is 0. The van der Waals surface area contributed by atoms with E-state index in [4.69, 9.17) is 21.1 Å². The molecule has 7 nitrogen and oxygen atoms in total. The van der Waals surface area contributed by atoms with E-state index in [9.17, 15) is 14.9 Å². The van der Waals surface area contributed by atoms with Crippen molar-refractivity contribution in [3.8, 4) is 17.6 Å². The predicted octanol–water partition coefficient (Wildman–Crippen LogP) is 5.92. The molecule has 184 valence electrons. The highest BCUT2D eigenvalue weighted by Crippen LogP contribution is 2.26. The summed E-state index contributed by atoms with van der Waals surface area (Å²) in [6.07, 6.45) is 1.37. The Kier molecular flexibility index (Phi) is 9.09. The highest BCUT2D eigenvalue weighted by molar-refractivity contribution is 6.30. The first-order valence-electron chi connectivity index (χ1n) is 11.2. The quantitative estimate of drug-likeness (QED) is 0.279. The molecule has 0 heterocycles. The molecule has 0 aliphatic rings. The zero-order valence-corrected chi connectivity index (χ0v) is 21.0. The van der Waals surface area contributed by atoms with Gasteiger partial charge in [0.2, 0.25) is 0 Å². The minimum atomic E-state index is -0.597. The van der Waals surface area contributed by atoms with Gasteiger partial charge in [0.15, 0.2) is 6.61 Å². The van der Waals surface area contributed by atoms with Crippen LogP contribution in [0.25, 0.3) is 6.08 Å². The molecule has 2 N–H and O–H groups in total. The lowest BCUT2D eigenvalue weighted by Gasteiger charge is -2.12. The van der Waals surface area contributed by atoms with E-state index in [1.165, 1.54) is 6.08 Å². The molecule has 0 saturated heterocycles. The molecule has 0 aromatic heterocycles. The number of anilines is 2. The second-order valence-corrected chi connectivity index (χ2v) is 8.36. The number of hydrogen-bond acceptors (Lipinski definition) is 5. The summed E-state index contributed by atoms with van der Waals surface area (Å²) in [5.41, 5.74) is 3.48. The number of carbonyl (C=O) groups is 2. The lowest BCUT2D eigenvalue weighted by molar-refractivity contribution is -0.118. The van der Waals surface area contributed by atoms with Gasteiger partial charge in [-0.2, -0.15) is 5.26 Å². The number of benzene rings is 3. The minimum Gasteiger partial charge on any atom is -0.494 e. The monoisotopic (exact) mass is 503 g/mol. The Hall–Kier alpha value is -4.28. The molecule has 0 bridgehead atoms. The van der Waals surface area contributed by atoms with Crippen LogP contribution in [0.15, 0.2) is 66.2 Å². The van der Waals surface area contributed by atoms with E-state index in [2.05, 4.69) is 10.6 Å². The summed E-state index contributed by atoms with van der Waals surface area (Å²) in [4.78, 5) is 25.2. The molecule has 0 aliphatic heterocycles. The van der Waals surface area contributed by atoms with E-state index < -0.39 is 5.91 Å². The van der Waals surface area contributed by atoms with Gasteiger partial charge in [-0.3, -0.25) is 9.59 Å². The number of ether oxygens (including phenoxy) is 2. The van der Waals surface area contributed by atoms with Crippen molar-refractivity contribution in [2.24, 2.45) is 0 Å². The molecule has 3 aromatic rings. The van der Waals surface area contributed by atoms with E-state index >= 15 is 0 Å². The summed E-state index contributed by atoms with van der Waals surface area (Å²) in [5.74, 6) is 0.0337. The first kappa shape index (κ1) is 26.3. The van der Waals surface area contributed by atoms with Gasteiger partial charge in [-0.1, -0.05) is 29.3 Å². The maximum absolute atomic E-state index is 12.7. The average molecular weight is 504 g/mol. The normalized spacial score (nSPS) is 10.8. The van der Waals surface area contributed by atoms with Crippen LogP contribution >= 0.6 is 11.6 Å². The van der Waals surface area contributed by atoms with Crippen LogP contribution in [0.2, 0.25) is 5.02 Å². The molecule has 0 saturated carbocycles. The number of nitrogens with one attached hydrogen (secondary N) is 2. The maximum atomic E-state index is 12.7. The highest BCUT2D eigenvalue weighted by atomic mass is 35.5. The fourth-order valence-corrected chi connectivity index (χ4v) is 3.53. The molecule has 0 radical (unpaired) electrons. The van der Waals surface area contributed by atoms with Gasteiger partial charge in [-0.15, -0.1) is 0 Å². The van der Waals surface area contributed by atoms with Crippen LogP contribution in [-0.4, -0.2) is 25.0 Å². The van der Waals surface area contributed by atoms with Crippen LogP contribution in [0.5, 0.6) is 11.5 Å². The van der Waals surface area contributed by atoms with Crippen molar-refractivity contribution in [2.75, 3.05) is 23.8 Å². The Bertz CT molecular complexity index is 1330. The molecular weight excluding hydrogens is 478 g/mol. The maximum Gasteiger partial charge on any atom is 0.266 e. The molecule has 3 rings (SSSR count). The molecule has 0 unspecified atom stereocenters. The van der Waals surface area contributed by atoms with Gasteiger partial charge in [0.1, 0.15) is 23.1 Å². The number of rotatable bonds is 9. The van der Waals surface area contributed by atoms with Crippen molar-refractivity contribution in [2.45, 2.75) is 20.8 Å². The third kappa shape index (κ3) is 7.36. The zero-order chi connectivity index (χ0) is 26.1. The third-order valence-electron chi connectivity index (χ3n) is 5.07. The van der Waals surface area contributed by atoms with Crippen LogP contribution in [0.1, 0.15) is 23.6 Å². The summed E-state index contributed by atoms with van der Waals surface area (Å²) < 4.78 is 11.1. The lowest BCUT2D eigenvalue weighted by atomic mass is 10.1. The SMILES string of the molecule is CCOc1ccc(NC(=O)/C(C#N)=C/c2cc(Cl)ccc2OCC(=O)Nc2ccc(C)cc2C)cc1. The fraction of sp³-hybridized carbons (Fsp3) is 0.179. The third-order valence-corrected chi connectivity index (χ3v) is 5.31. The van der Waals surface area contributed by atoms with Gasteiger partial charge in [0.25, 0.3) is 11.8 Å². The van der Waals surface area contributed by atoms with Crippen molar-refractivity contribution >= 4 is 40.9 Å². The Morgan fingerprint density at radius 1 is 1.00 bits per heavy atom. The topological polar surface area (TPSA) is 100 Å². The molecule has 0 spiro atoms. The van der Waals surface area contributed by atoms with E-state index in [-0.39, 0.29) is 18.1 Å². The van der Waals surface area contributed by atoms with Crippen LogP contribution in [0.3, 0.4) is 0 Å². The molecule has 3 aromatic carbocycles. The van der Waals surface area contributed by atoms with Gasteiger partial charge in [-0.25, -0.2) is 0 Å². The largest absolute Gasteiger partial charge is 0.494 e. The number of nitrogens with zero attached hydrogens (tertiary/aromatic N) is 1. The summed E-state index contributed by atoms with van der Waals surface area (Å²) in [5, 5.41) is 15.5. The van der Waals surface area contributed by atoms with E-state index in [0.717, 1.165) is 11.1 Å². The van der Waals surface area contributed by atoms with E-state index in [1.54, 1.807) is 42.5 Å². The second kappa shape index (κ2) is 12.4. The standard InChI is InChI=1S/C28H26ClN3O4/c1-4-35-24-9-7-23(8-10-24)31-28(34)21(16-30)14-20-15-22(29)6-12-26(20)36-17-27(33)32-25-11-5-18(2)13-19(25)3/h5-15H,4,17H2,1-3H3,(H,31,34)(H,32,33)/b21-14+. The molecule has 36 heavy (non-hydrogen) atoms. The van der Waals surface area contributed by atoms with E-state index in [0.29, 0.717) is 40.1 Å². The number of carbonyl (C=O) groups excluding carboxylic acids is 2. The van der Waals surface area contributed by atoms with Gasteiger partial charge in [0, 0.05) is 22.0 Å². The van der Waals surface area contributed by atoms with Crippen molar-refractivity contribution < 1.29 is 19.1 Å². The van der Waals surface area contributed by atoms with E-state index in [1.807, 2.05) is 45.0 Å². The van der Waals surface area contributed by atoms with Gasteiger partial charge in [0.05, 0.1) is 6.61 Å². The highest BCUT2D eigenvalue weighted by Gasteiger charge is 2.13. The van der Waals surface area contributed by atoms with Crippen molar-refractivity contribution in [1.29, 1.82) is 5.26 Å². The van der Waals surface area contributed by atoms with Crippen LogP contribution in [-0.2, 0) is 9.59 Å². The number of halogens is 1. The smallest absolute Gasteiger partial charge is 0.266 e. The Labute approximate surface area is 215 Å². The molecule has 0 atom stereocenters. The number of amides is 2.